The van der Waals surface area contributed by atoms with Gasteiger partial charge in [0.2, 0.25) is 0 Å². The first-order valence-electron chi connectivity index (χ1n) is 7.46. The highest BCUT2D eigenvalue weighted by molar-refractivity contribution is 5.14. The Bertz CT molecular complexity index is 537. The highest BCUT2D eigenvalue weighted by Crippen LogP contribution is 2.08. The fourth-order valence-corrected chi connectivity index (χ4v) is 2.07. The van der Waals surface area contributed by atoms with Crippen molar-refractivity contribution in [2.24, 2.45) is 0 Å². The van der Waals surface area contributed by atoms with Crippen molar-refractivity contribution in [3.63, 3.8) is 0 Å². The highest BCUT2D eigenvalue weighted by Gasteiger charge is 2.06. The molecule has 116 valence electrons. The van der Waals surface area contributed by atoms with Crippen molar-refractivity contribution in [1.82, 2.24) is 0 Å². The average molecular weight is 298 g/mol. The SMILES string of the molecule is O/C=C\[C@H](CCOCc1ccccc1)OCc1ccccc1. The van der Waals surface area contributed by atoms with Gasteiger partial charge < -0.3 is 14.6 Å². The molecular formula is C19H22O3. The van der Waals surface area contributed by atoms with Crippen LogP contribution in [0.25, 0.3) is 0 Å². The van der Waals surface area contributed by atoms with Crippen LogP contribution in [0.15, 0.2) is 73.0 Å². The largest absolute Gasteiger partial charge is 0.516 e. The summed E-state index contributed by atoms with van der Waals surface area (Å²) in [5.74, 6) is 0. The third-order valence-corrected chi connectivity index (χ3v) is 3.27. The molecule has 1 atom stereocenters. The van der Waals surface area contributed by atoms with Gasteiger partial charge in [-0.15, -0.1) is 0 Å². The molecule has 0 bridgehead atoms. The summed E-state index contributed by atoms with van der Waals surface area (Å²) >= 11 is 0. The summed E-state index contributed by atoms with van der Waals surface area (Å²) in [4.78, 5) is 0. The van der Waals surface area contributed by atoms with E-state index < -0.39 is 0 Å². The van der Waals surface area contributed by atoms with Gasteiger partial charge in [-0.25, -0.2) is 0 Å². The number of ether oxygens (including phenoxy) is 2. The maximum atomic E-state index is 8.97. The zero-order valence-corrected chi connectivity index (χ0v) is 12.6. The van der Waals surface area contributed by atoms with Crippen molar-refractivity contribution in [2.75, 3.05) is 6.61 Å². The van der Waals surface area contributed by atoms with Gasteiger partial charge in [0.1, 0.15) is 0 Å². The Morgan fingerprint density at radius 3 is 2.05 bits per heavy atom. The van der Waals surface area contributed by atoms with Crippen molar-refractivity contribution in [3.8, 4) is 0 Å². The second kappa shape index (κ2) is 9.77. The van der Waals surface area contributed by atoms with E-state index in [0.29, 0.717) is 26.2 Å². The van der Waals surface area contributed by atoms with Gasteiger partial charge >= 0.3 is 0 Å². The van der Waals surface area contributed by atoms with Gasteiger partial charge in [-0.3, -0.25) is 0 Å². The van der Waals surface area contributed by atoms with E-state index in [9.17, 15) is 0 Å². The Morgan fingerprint density at radius 2 is 1.45 bits per heavy atom. The first-order valence-corrected chi connectivity index (χ1v) is 7.46. The number of aliphatic hydroxyl groups excluding tert-OH is 1. The molecule has 2 aromatic carbocycles. The lowest BCUT2D eigenvalue weighted by molar-refractivity contribution is 0.0328. The Kier molecular flexibility index (Phi) is 7.22. The number of aliphatic hydroxyl groups is 1. The predicted octanol–water partition coefficient (Wildman–Crippen LogP) is 4.25. The van der Waals surface area contributed by atoms with Crippen molar-refractivity contribution in [3.05, 3.63) is 84.1 Å². The molecule has 0 saturated heterocycles. The van der Waals surface area contributed by atoms with Gasteiger partial charge in [-0.1, -0.05) is 60.7 Å². The second-order valence-electron chi connectivity index (χ2n) is 5.00. The van der Waals surface area contributed by atoms with Crippen LogP contribution in [0.3, 0.4) is 0 Å². The van der Waals surface area contributed by atoms with Crippen LogP contribution in [0, 0.1) is 0 Å². The molecule has 0 aromatic heterocycles. The van der Waals surface area contributed by atoms with Crippen LogP contribution in [-0.4, -0.2) is 17.8 Å². The van der Waals surface area contributed by atoms with E-state index in [4.69, 9.17) is 14.6 Å². The minimum Gasteiger partial charge on any atom is -0.516 e. The topological polar surface area (TPSA) is 38.7 Å². The zero-order chi connectivity index (χ0) is 15.5. The van der Waals surface area contributed by atoms with Crippen molar-refractivity contribution >= 4 is 0 Å². The first-order chi connectivity index (χ1) is 10.9. The molecule has 22 heavy (non-hydrogen) atoms. The molecule has 0 fully saturated rings. The van der Waals surface area contributed by atoms with E-state index in [2.05, 4.69) is 0 Å². The molecule has 0 amide bonds. The van der Waals surface area contributed by atoms with Crippen molar-refractivity contribution in [2.45, 2.75) is 25.7 Å². The molecule has 1 N–H and O–H groups in total. The number of hydrogen-bond acceptors (Lipinski definition) is 3. The van der Waals surface area contributed by atoms with Gasteiger partial charge in [-0.05, 0) is 17.2 Å². The molecular weight excluding hydrogens is 276 g/mol. The van der Waals surface area contributed by atoms with Crippen LogP contribution in [0.1, 0.15) is 17.5 Å². The minimum absolute atomic E-state index is 0.152. The molecule has 3 heteroatoms. The van der Waals surface area contributed by atoms with Crippen molar-refractivity contribution in [1.29, 1.82) is 0 Å². The van der Waals surface area contributed by atoms with Crippen LogP contribution >= 0.6 is 0 Å². The molecule has 2 aromatic rings. The second-order valence-corrected chi connectivity index (χ2v) is 5.00. The summed E-state index contributed by atoms with van der Waals surface area (Å²) in [6.45, 7) is 1.70. The van der Waals surface area contributed by atoms with Gasteiger partial charge in [0.15, 0.2) is 0 Å². The van der Waals surface area contributed by atoms with Crippen LogP contribution in [0.4, 0.5) is 0 Å². The molecule has 0 radical (unpaired) electrons. The first kappa shape index (κ1) is 16.3. The molecule has 0 spiro atoms. The van der Waals surface area contributed by atoms with Gasteiger partial charge in [-0.2, -0.15) is 0 Å². The van der Waals surface area contributed by atoms with E-state index in [-0.39, 0.29) is 6.10 Å². The summed E-state index contributed by atoms with van der Waals surface area (Å²) in [6.07, 6.45) is 3.24. The van der Waals surface area contributed by atoms with E-state index in [0.717, 1.165) is 17.4 Å². The molecule has 0 saturated carbocycles. The van der Waals surface area contributed by atoms with E-state index >= 15 is 0 Å². The fourth-order valence-electron chi connectivity index (χ4n) is 2.07. The third-order valence-electron chi connectivity index (χ3n) is 3.27. The lowest BCUT2D eigenvalue weighted by Gasteiger charge is -2.14. The number of hydrogen-bond donors (Lipinski definition) is 1. The summed E-state index contributed by atoms with van der Waals surface area (Å²) in [6, 6.07) is 20.1. The van der Waals surface area contributed by atoms with Gasteiger partial charge in [0.25, 0.3) is 0 Å². The summed E-state index contributed by atoms with van der Waals surface area (Å²) in [5, 5.41) is 8.97. The van der Waals surface area contributed by atoms with E-state index in [1.807, 2.05) is 60.7 Å². The maximum Gasteiger partial charge on any atom is 0.0814 e. The monoisotopic (exact) mass is 298 g/mol. The van der Waals surface area contributed by atoms with Crippen LogP contribution in [-0.2, 0) is 22.7 Å². The van der Waals surface area contributed by atoms with E-state index in [1.165, 1.54) is 0 Å². The molecule has 0 aliphatic rings. The molecule has 0 unspecified atom stereocenters. The molecule has 0 aliphatic heterocycles. The Hall–Kier alpha value is -2.10. The van der Waals surface area contributed by atoms with Crippen LogP contribution in [0.2, 0.25) is 0 Å². The predicted molar refractivity (Wildman–Crippen MR) is 87.5 cm³/mol. The van der Waals surface area contributed by atoms with Gasteiger partial charge in [0.05, 0.1) is 25.6 Å². The average Bonchev–Trinajstić information content (AvgIpc) is 2.58. The lowest BCUT2D eigenvalue weighted by atomic mass is 10.2. The molecule has 0 heterocycles. The molecule has 2 rings (SSSR count). The smallest absolute Gasteiger partial charge is 0.0814 e. The Morgan fingerprint density at radius 1 is 0.864 bits per heavy atom. The summed E-state index contributed by atoms with van der Waals surface area (Å²) in [5.41, 5.74) is 2.27. The molecule has 3 nitrogen and oxygen atoms in total. The standard InChI is InChI=1S/C19H22O3/c20-13-11-19(22-16-18-9-5-2-6-10-18)12-14-21-15-17-7-3-1-4-8-17/h1-11,13,19-20H,12,14-16H2/b13-11-/t19-/m1/s1. The number of rotatable bonds is 9. The fraction of sp³-hybridized carbons (Fsp3) is 0.263. The normalized spacial score (nSPS) is 12.5. The maximum absolute atomic E-state index is 8.97. The Labute approximate surface area is 131 Å². The quantitative estimate of drug-likeness (QED) is 0.555. The third kappa shape index (κ3) is 6.12. The minimum atomic E-state index is -0.152. The highest BCUT2D eigenvalue weighted by atomic mass is 16.5. The zero-order valence-electron chi connectivity index (χ0n) is 12.6. The molecule has 0 aliphatic carbocycles. The summed E-state index contributed by atoms with van der Waals surface area (Å²) in [7, 11) is 0. The Balaban J connectivity index is 1.70. The number of benzene rings is 2. The van der Waals surface area contributed by atoms with Gasteiger partial charge in [0, 0.05) is 13.0 Å². The van der Waals surface area contributed by atoms with Crippen LogP contribution < -0.4 is 0 Å². The van der Waals surface area contributed by atoms with E-state index in [1.54, 1.807) is 6.08 Å². The van der Waals surface area contributed by atoms with Crippen molar-refractivity contribution < 1.29 is 14.6 Å². The lowest BCUT2D eigenvalue weighted by Crippen LogP contribution is -2.13. The summed E-state index contributed by atoms with van der Waals surface area (Å²) < 4.78 is 11.4. The van der Waals surface area contributed by atoms with Crippen LogP contribution in [0.5, 0.6) is 0 Å².